The fourth-order valence-corrected chi connectivity index (χ4v) is 5.83. The molecule has 3 heterocycles. The molecule has 0 bridgehead atoms. The van der Waals surface area contributed by atoms with Gasteiger partial charge in [-0.05, 0) is 24.3 Å². The summed E-state index contributed by atoms with van der Waals surface area (Å²) in [5.74, 6) is -0.363. The molecule has 9 heteroatoms. The van der Waals surface area contributed by atoms with Crippen molar-refractivity contribution in [3.05, 3.63) is 77.1 Å². The van der Waals surface area contributed by atoms with Crippen LogP contribution in [-0.2, 0) is 4.79 Å². The van der Waals surface area contributed by atoms with Crippen LogP contribution in [-0.4, -0.2) is 39.7 Å². The maximum atomic E-state index is 13.7. The Morgan fingerprint density at radius 1 is 1.12 bits per heavy atom. The van der Waals surface area contributed by atoms with Crippen LogP contribution in [0.15, 0.2) is 60.9 Å². The highest BCUT2D eigenvalue weighted by Gasteiger charge is 2.50. The van der Waals surface area contributed by atoms with E-state index in [-0.39, 0.29) is 18.9 Å². The van der Waals surface area contributed by atoms with E-state index in [0.717, 1.165) is 10.8 Å². The molecule has 0 saturated carbocycles. The van der Waals surface area contributed by atoms with E-state index in [1.165, 1.54) is 22.9 Å². The molecule has 2 aliphatic heterocycles. The number of carbonyl (C=O) groups excluding carboxylic acids is 2. The maximum Gasteiger partial charge on any atom is 0.332 e. The van der Waals surface area contributed by atoms with Crippen molar-refractivity contribution in [2.75, 3.05) is 11.4 Å². The summed E-state index contributed by atoms with van der Waals surface area (Å²) in [5, 5.41) is 20.1. The number of rotatable bonds is 4. The SMILES string of the molecule is N#CCCN1C(=O)N(c2cncc3ccccc23)C(=O)C2SC(c3cc(Cl)ccc3C#N)=CC21. The lowest BCUT2D eigenvalue weighted by Gasteiger charge is -2.41. The van der Waals surface area contributed by atoms with Crippen LogP contribution in [0.3, 0.4) is 0 Å². The molecule has 7 nitrogen and oxygen atoms in total. The van der Waals surface area contributed by atoms with Gasteiger partial charge in [-0.3, -0.25) is 9.78 Å². The highest BCUT2D eigenvalue weighted by Crippen LogP contribution is 2.46. The first-order valence-corrected chi connectivity index (χ1v) is 11.7. The number of amides is 3. The normalized spacial score (nSPS) is 19.6. The largest absolute Gasteiger partial charge is 0.332 e. The molecule has 2 aliphatic rings. The van der Waals surface area contributed by atoms with Crippen LogP contribution in [0.1, 0.15) is 17.5 Å². The monoisotopic (exact) mass is 485 g/mol. The zero-order valence-electron chi connectivity index (χ0n) is 17.7. The number of hydrogen-bond acceptors (Lipinski definition) is 6. The Hall–Kier alpha value is -3.85. The molecule has 0 radical (unpaired) electrons. The Balaban J connectivity index is 1.60. The van der Waals surface area contributed by atoms with Crippen molar-refractivity contribution in [2.45, 2.75) is 17.7 Å². The van der Waals surface area contributed by atoms with Gasteiger partial charge < -0.3 is 4.90 Å². The van der Waals surface area contributed by atoms with Gasteiger partial charge >= 0.3 is 6.03 Å². The number of aromatic nitrogens is 1. The minimum Gasteiger partial charge on any atom is -0.315 e. The topological polar surface area (TPSA) is 101 Å². The number of anilines is 1. The molecule has 1 aromatic heterocycles. The number of nitrogens with zero attached hydrogens (tertiary/aromatic N) is 5. The summed E-state index contributed by atoms with van der Waals surface area (Å²) in [5.41, 5.74) is 1.45. The summed E-state index contributed by atoms with van der Waals surface area (Å²) in [6.45, 7) is 0.170. The molecule has 5 rings (SSSR count). The van der Waals surface area contributed by atoms with Gasteiger partial charge in [0.25, 0.3) is 5.91 Å². The Morgan fingerprint density at radius 2 is 1.94 bits per heavy atom. The van der Waals surface area contributed by atoms with Crippen molar-refractivity contribution >= 4 is 56.7 Å². The fourth-order valence-electron chi connectivity index (χ4n) is 4.30. The van der Waals surface area contributed by atoms with Crippen LogP contribution in [0.4, 0.5) is 10.5 Å². The van der Waals surface area contributed by atoms with Gasteiger partial charge in [0.2, 0.25) is 0 Å². The molecule has 0 spiro atoms. The number of urea groups is 1. The van der Waals surface area contributed by atoms with Crippen LogP contribution in [0.5, 0.6) is 0 Å². The third-order valence-corrected chi connectivity index (χ3v) is 7.45. The van der Waals surface area contributed by atoms with E-state index in [2.05, 4.69) is 17.1 Å². The first kappa shape index (κ1) is 22.0. The lowest BCUT2D eigenvalue weighted by molar-refractivity contribution is -0.119. The fraction of sp³-hybridized carbons (Fsp3) is 0.160. The molecule has 166 valence electrons. The number of carbonyl (C=O) groups is 2. The number of pyridine rings is 1. The summed E-state index contributed by atoms with van der Waals surface area (Å²) in [7, 11) is 0. The van der Waals surface area contributed by atoms with Crippen molar-refractivity contribution in [2.24, 2.45) is 0 Å². The van der Waals surface area contributed by atoms with Crippen LogP contribution in [0.25, 0.3) is 15.7 Å². The first-order valence-electron chi connectivity index (χ1n) is 10.5. The minimum absolute atomic E-state index is 0.124. The number of benzene rings is 2. The quantitative estimate of drug-likeness (QED) is 0.517. The van der Waals surface area contributed by atoms with Gasteiger partial charge in [0, 0.05) is 39.0 Å². The van der Waals surface area contributed by atoms with E-state index in [1.54, 1.807) is 29.3 Å². The third-order valence-electron chi connectivity index (χ3n) is 5.87. The van der Waals surface area contributed by atoms with E-state index in [9.17, 15) is 20.1 Å². The van der Waals surface area contributed by atoms with Crippen molar-refractivity contribution < 1.29 is 9.59 Å². The molecule has 0 aliphatic carbocycles. The maximum absolute atomic E-state index is 13.7. The molecule has 0 N–H and O–H groups in total. The van der Waals surface area contributed by atoms with Crippen molar-refractivity contribution in [1.29, 1.82) is 10.5 Å². The molecule has 2 aromatic carbocycles. The zero-order chi connectivity index (χ0) is 23.8. The van der Waals surface area contributed by atoms with Gasteiger partial charge in [0.05, 0.1) is 42.0 Å². The highest BCUT2D eigenvalue weighted by molar-refractivity contribution is 8.09. The molecule has 3 amide bonds. The van der Waals surface area contributed by atoms with Crippen molar-refractivity contribution in [3.8, 4) is 12.1 Å². The van der Waals surface area contributed by atoms with Crippen LogP contribution in [0, 0.1) is 22.7 Å². The standard InChI is InChI=1S/C25H16ClN5O2S/c26-17-7-6-15(12-28)19(10-17)22-11-20-23(34-22)24(32)31(25(33)30(20)9-3-8-27)21-14-29-13-16-4-1-2-5-18(16)21/h1-2,4-7,10-11,13-14,20,23H,3,9H2. The van der Waals surface area contributed by atoms with Crippen LogP contribution in [0.2, 0.25) is 5.02 Å². The lowest BCUT2D eigenvalue weighted by Crippen LogP contribution is -2.62. The van der Waals surface area contributed by atoms with E-state index in [0.29, 0.717) is 26.7 Å². The Bertz CT molecular complexity index is 1450. The van der Waals surface area contributed by atoms with E-state index < -0.39 is 17.3 Å². The molecule has 3 aromatic rings. The van der Waals surface area contributed by atoms with Crippen molar-refractivity contribution in [3.63, 3.8) is 0 Å². The Labute approximate surface area is 204 Å². The number of halogens is 1. The minimum atomic E-state index is -0.629. The molecule has 1 saturated heterocycles. The van der Waals surface area contributed by atoms with Gasteiger partial charge in [-0.25, -0.2) is 9.69 Å². The highest BCUT2D eigenvalue weighted by atomic mass is 35.5. The predicted octanol–water partition coefficient (Wildman–Crippen LogP) is 4.97. The summed E-state index contributed by atoms with van der Waals surface area (Å²) >= 11 is 7.48. The second-order valence-electron chi connectivity index (χ2n) is 7.80. The smallest absolute Gasteiger partial charge is 0.315 e. The van der Waals surface area contributed by atoms with Gasteiger partial charge in [-0.15, -0.1) is 11.8 Å². The number of nitriles is 2. The van der Waals surface area contributed by atoms with E-state index in [4.69, 9.17) is 11.6 Å². The van der Waals surface area contributed by atoms with Gasteiger partial charge in [0.15, 0.2) is 0 Å². The third kappa shape index (κ3) is 3.58. The van der Waals surface area contributed by atoms with Crippen LogP contribution >= 0.6 is 23.4 Å². The average Bonchev–Trinajstić information content (AvgIpc) is 3.30. The van der Waals surface area contributed by atoms with Gasteiger partial charge in [-0.2, -0.15) is 10.5 Å². The summed E-state index contributed by atoms with van der Waals surface area (Å²) < 4.78 is 0. The van der Waals surface area contributed by atoms with E-state index >= 15 is 0 Å². The van der Waals surface area contributed by atoms with Gasteiger partial charge in [-0.1, -0.05) is 35.9 Å². The molecule has 2 atom stereocenters. The van der Waals surface area contributed by atoms with Crippen molar-refractivity contribution in [1.82, 2.24) is 9.88 Å². The van der Waals surface area contributed by atoms with E-state index in [1.807, 2.05) is 30.3 Å². The summed E-state index contributed by atoms with van der Waals surface area (Å²) in [6.07, 6.45) is 5.15. The number of hydrogen-bond donors (Lipinski definition) is 0. The summed E-state index contributed by atoms with van der Waals surface area (Å²) in [6, 6.07) is 15.6. The Morgan fingerprint density at radius 3 is 2.74 bits per heavy atom. The first-order chi connectivity index (χ1) is 16.5. The number of imide groups is 1. The van der Waals surface area contributed by atoms with Gasteiger partial charge in [0.1, 0.15) is 5.25 Å². The zero-order valence-corrected chi connectivity index (χ0v) is 19.3. The second kappa shape index (κ2) is 8.83. The molecule has 1 fully saturated rings. The molecular weight excluding hydrogens is 470 g/mol. The molecule has 34 heavy (non-hydrogen) atoms. The molecule has 2 unspecified atom stereocenters. The summed E-state index contributed by atoms with van der Waals surface area (Å²) in [4.78, 5) is 35.0. The lowest BCUT2D eigenvalue weighted by atomic mass is 10.0. The van der Waals surface area contributed by atoms with Crippen LogP contribution < -0.4 is 4.90 Å². The number of thioether (sulfide) groups is 1. The Kier molecular flexibility index (Phi) is 5.70. The average molecular weight is 486 g/mol. The second-order valence-corrected chi connectivity index (χ2v) is 9.42. The number of fused-ring (bicyclic) bond motifs is 2. The molecular formula is C25H16ClN5O2S. The predicted molar refractivity (Wildman–Crippen MR) is 131 cm³/mol.